The van der Waals surface area contributed by atoms with Gasteiger partial charge in [-0.15, -0.1) is 0 Å². The van der Waals surface area contributed by atoms with Crippen LogP contribution in [0.15, 0.2) is 30.6 Å². The number of methoxy groups -OCH3 is 1. The molecule has 0 aliphatic heterocycles. The van der Waals surface area contributed by atoms with Crippen LogP contribution in [0, 0.1) is 0 Å². The first kappa shape index (κ1) is 14.9. The zero-order chi connectivity index (χ0) is 14.5. The quantitative estimate of drug-likeness (QED) is 0.890. The smallest absolute Gasteiger partial charge is 0.123 e. The van der Waals surface area contributed by atoms with Crippen molar-refractivity contribution < 1.29 is 4.74 Å². The number of benzene rings is 1. The largest absolute Gasteiger partial charge is 0.496 e. The average Bonchev–Trinajstić information content (AvgIpc) is 2.92. The van der Waals surface area contributed by atoms with Gasteiger partial charge in [-0.05, 0) is 44.2 Å². The Balaban J connectivity index is 2.25. The van der Waals surface area contributed by atoms with Crippen LogP contribution in [0.1, 0.15) is 24.1 Å². The lowest BCUT2D eigenvalue weighted by molar-refractivity contribution is 0.401. The van der Waals surface area contributed by atoms with E-state index in [4.69, 9.17) is 16.3 Å². The highest BCUT2D eigenvalue weighted by Gasteiger charge is 2.16. The number of aryl methyl sites for hydroxylation is 1. The summed E-state index contributed by atoms with van der Waals surface area (Å²) in [5.74, 6) is 0.844. The standard InChI is InChI=1S/C15H20ClN3O/c1-4-19-10-11(9-18-19)7-14(17-2)13-8-12(16)5-6-15(13)20-3/h5-6,8-10,14,17H,4,7H2,1-3H3. The van der Waals surface area contributed by atoms with Gasteiger partial charge in [0.05, 0.1) is 13.3 Å². The molecule has 0 aliphatic carbocycles. The van der Waals surface area contributed by atoms with Crippen LogP contribution in [0.4, 0.5) is 0 Å². The fraction of sp³-hybridized carbons (Fsp3) is 0.400. The van der Waals surface area contributed by atoms with Gasteiger partial charge in [0, 0.05) is 29.4 Å². The molecule has 0 fully saturated rings. The summed E-state index contributed by atoms with van der Waals surface area (Å²) in [5, 5.41) is 8.34. The topological polar surface area (TPSA) is 39.1 Å². The van der Waals surface area contributed by atoms with Crippen LogP contribution < -0.4 is 10.1 Å². The van der Waals surface area contributed by atoms with Gasteiger partial charge in [0.2, 0.25) is 0 Å². The predicted octanol–water partition coefficient (Wildman–Crippen LogP) is 3.07. The predicted molar refractivity (Wildman–Crippen MR) is 81.4 cm³/mol. The summed E-state index contributed by atoms with van der Waals surface area (Å²) >= 11 is 6.10. The third-order valence-corrected chi connectivity index (χ3v) is 3.60. The first-order valence-electron chi connectivity index (χ1n) is 6.70. The highest BCUT2D eigenvalue weighted by Crippen LogP contribution is 2.30. The summed E-state index contributed by atoms with van der Waals surface area (Å²) in [4.78, 5) is 0. The van der Waals surface area contributed by atoms with E-state index >= 15 is 0 Å². The fourth-order valence-corrected chi connectivity index (χ4v) is 2.45. The molecule has 1 aromatic heterocycles. The van der Waals surface area contributed by atoms with Crippen molar-refractivity contribution in [3.05, 3.63) is 46.7 Å². The molecule has 0 saturated carbocycles. The number of ether oxygens (including phenoxy) is 1. The molecule has 0 aliphatic rings. The monoisotopic (exact) mass is 293 g/mol. The molecule has 5 heteroatoms. The van der Waals surface area contributed by atoms with E-state index in [0.717, 1.165) is 24.3 Å². The molecule has 4 nitrogen and oxygen atoms in total. The minimum absolute atomic E-state index is 0.137. The van der Waals surface area contributed by atoms with Crippen molar-refractivity contribution in [3.63, 3.8) is 0 Å². The van der Waals surface area contributed by atoms with Crippen molar-refractivity contribution in [2.75, 3.05) is 14.2 Å². The first-order chi connectivity index (χ1) is 9.67. The van der Waals surface area contributed by atoms with Gasteiger partial charge < -0.3 is 10.1 Å². The molecule has 0 bridgehead atoms. The zero-order valence-corrected chi connectivity index (χ0v) is 12.8. The number of likely N-dealkylation sites (N-methyl/N-ethyl adjacent to an activating group) is 1. The van der Waals surface area contributed by atoms with Gasteiger partial charge in [-0.2, -0.15) is 5.10 Å². The van der Waals surface area contributed by atoms with Crippen LogP contribution in [0.25, 0.3) is 0 Å². The Labute approximate surface area is 124 Å². The molecule has 1 N–H and O–H groups in total. The number of nitrogens with zero attached hydrogens (tertiary/aromatic N) is 2. The molecule has 108 valence electrons. The molecule has 0 radical (unpaired) electrons. The molecule has 20 heavy (non-hydrogen) atoms. The van der Waals surface area contributed by atoms with Crippen molar-refractivity contribution in [3.8, 4) is 5.75 Å². The third-order valence-electron chi connectivity index (χ3n) is 3.37. The van der Waals surface area contributed by atoms with Gasteiger partial charge in [-0.25, -0.2) is 0 Å². The van der Waals surface area contributed by atoms with Crippen molar-refractivity contribution in [2.45, 2.75) is 25.9 Å². The summed E-state index contributed by atoms with van der Waals surface area (Å²) < 4.78 is 7.36. The van der Waals surface area contributed by atoms with Crippen molar-refractivity contribution in [1.82, 2.24) is 15.1 Å². The molecular formula is C15H20ClN3O. The number of hydrogen-bond acceptors (Lipinski definition) is 3. The van der Waals surface area contributed by atoms with Crippen molar-refractivity contribution in [2.24, 2.45) is 0 Å². The first-order valence-corrected chi connectivity index (χ1v) is 7.07. The van der Waals surface area contributed by atoms with E-state index in [2.05, 4.69) is 23.5 Å². The molecule has 0 saturated heterocycles. The lowest BCUT2D eigenvalue weighted by Crippen LogP contribution is -2.19. The summed E-state index contributed by atoms with van der Waals surface area (Å²) in [6, 6.07) is 5.83. The number of hydrogen-bond donors (Lipinski definition) is 1. The van der Waals surface area contributed by atoms with E-state index in [1.54, 1.807) is 7.11 Å². The normalized spacial score (nSPS) is 12.4. The van der Waals surface area contributed by atoms with Crippen LogP contribution in [-0.2, 0) is 13.0 Å². The molecule has 1 unspecified atom stereocenters. The van der Waals surface area contributed by atoms with Gasteiger partial charge in [0.15, 0.2) is 0 Å². The second kappa shape index (κ2) is 6.77. The summed E-state index contributed by atoms with van der Waals surface area (Å²) in [5.41, 5.74) is 2.25. The minimum Gasteiger partial charge on any atom is -0.496 e. The van der Waals surface area contributed by atoms with E-state index in [1.165, 1.54) is 5.56 Å². The Morgan fingerprint density at radius 2 is 2.25 bits per heavy atom. The molecular weight excluding hydrogens is 274 g/mol. The van der Waals surface area contributed by atoms with Crippen LogP contribution in [-0.4, -0.2) is 23.9 Å². The second-order valence-corrected chi connectivity index (χ2v) is 5.07. The maximum absolute atomic E-state index is 6.10. The molecule has 1 aromatic carbocycles. The van der Waals surface area contributed by atoms with Gasteiger partial charge in [0.25, 0.3) is 0 Å². The Bertz CT molecular complexity index is 568. The van der Waals surface area contributed by atoms with Crippen LogP contribution in [0.5, 0.6) is 5.75 Å². The molecule has 1 atom stereocenters. The van der Waals surface area contributed by atoms with Crippen molar-refractivity contribution >= 4 is 11.6 Å². The van der Waals surface area contributed by atoms with Crippen LogP contribution in [0.3, 0.4) is 0 Å². The highest BCUT2D eigenvalue weighted by molar-refractivity contribution is 6.30. The van der Waals surface area contributed by atoms with E-state index in [-0.39, 0.29) is 6.04 Å². The summed E-state index contributed by atoms with van der Waals surface area (Å²) in [6.07, 6.45) is 4.82. The number of aromatic nitrogens is 2. The third kappa shape index (κ3) is 3.32. The van der Waals surface area contributed by atoms with Gasteiger partial charge in [-0.3, -0.25) is 4.68 Å². The Morgan fingerprint density at radius 3 is 2.85 bits per heavy atom. The Kier molecular flexibility index (Phi) is 5.04. The van der Waals surface area contributed by atoms with E-state index in [9.17, 15) is 0 Å². The molecule has 0 amide bonds. The number of rotatable bonds is 6. The minimum atomic E-state index is 0.137. The fourth-order valence-electron chi connectivity index (χ4n) is 2.27. The van der Waals surface area contributed by atoms with Gasteiger partial charge >= 0.3 is 0 Å². The van der Waals surface area contributed by atoms with E-state index in [0.29, 0.717) is 5.02 Å². The maximum atomic E-state index is 6.10. The summed E-state index contributed by atoms with van der Waals surface area (Å²) in [6.45, 7) is 2.96. The SMILES string of the molecule is CCn1cc(CC(NC)c2cc(Cl)ccc2OC)cn1. The number of halogens is 1. The Hall–Kier alpha value is -1.52. The van der Waals surface area contributed by atoms with E-state index < -0.39 is 0 Å². The van der Waals surface area contributed by atoms with Crippen molar-refractivity contribution in [1.29, 1.82) is 0 Å². The molecule has 0 spiro atoms. The second-order valence-electron chi connectivity index (χ2n) is 4.64. The maximum Gasteiger partial charge on any atom is 0.123 e. The van der Waals surface area contributed by atoms with E-state index in [1.807, 2.05) is 36.1 Å². The molecule has 2 aromatic rings. The van der Waals surface area contributed by atoms with Gasteiger partial charge in [-0.1, -0.05) is 11.6 Å². The van der Waals surface area contributed by atoms with Crippen LogP contribution in [0.2, 0.25) is 5.02 Å². The van der Waals surface area contributed by atoms with Gasteiger partial charge in [0.1, 0.15) is 5.75 Å². The summed E-state index contributed by atoms with van der Waals surface area (Å²) in [7, 11) is 3.61. The number of nitrogens with one attached hydrogen (secondary N) is 1. The lowest BCUT2D eigenvalue weighted by atomic mass is 10.00. The molecule has 2 rings (SSSR count). The lowest BCUT2D eigenvalue weighted by Gasteiger charge is -2.19. The molecule has 1 heterocycles. The van der Waals surface area contributed by atoms with Crippen LogP contribution >= 0.6 is 11.6 Å². The average molecular weight is 294 g/mol. The Morgan fingerprint density at radius 1 is 1.45 bits per heavy atom. The zero-order valence-electron chi connectivity index (χ0n) is 12.1. The highest BCUT2D eigenvalue weighted by atomic mass is 35.5.